The molecule has 0 unspecified atom stereocenters. The van der Waals surface area contributed by atoms with Crippen LogP contribution in [0.25, 0.3) is 5.69 Å². The number of methoxy groups -OCH3 is 1. The smallest absolute Gasteiger partial charge is 0.475 e. The molecule has 0 saturated heterocycles. The molecule has 0 aliphatic carbocycles. The Morgan fingerprint density at radius 3 is 2.59 bits per heavy atom. The van der Waals surface area contributed by atoms with Gasteiger partial charge in [0.05, 0.1) is 30.5 Å². The van der Waals surface area contributed by atoms with E-state index in [-0.39, 0.29) is 43.6 Å². The van der Waals surface area contributed by atoms with E-state index < -0.39 is 24.2 Å². The van der Waals surface area contributed by atoms with Crippen molar-refractivity contribution in [2.45, 2.75) is 32.5 Å². The van der Waals surface area contributed by atoms with Crippen molar-refractivity contribution in [2.24, 2.45) is 5.73 Å². The quantitative estimate of drug-likeness (QED) is 0.303. The molecule has 0 aliphatic heterocycles. The number of aliphatic hydroxyl groups is 1. The predicted octanol–water partition coefficient (Wildman–Crippen LogP) is 3.25. The third-order valence-electron chi connectivity index (χ3n) is 5.08. The van der Waals surface area contributed by atoms with Crippen LogP contribution in [0.3, 0.4) is 0 Å². The number of aliphatic hydroxyl groups excluding tert-OH is 1. The number of alkyl halides is 3. The highest BCUT2D eigenvalue weighted by atomic mass is 19.4. The van der Waals surface area contributed by atoms with E-state index in [2.05, 4.69) is 20.5 Å². The normalized spacial score (nSPS) is 12.2. The number of ether oxygens (including phenoxy) is 3. The van der Waals surface area contributed by atoms with Gasteiger partial charge < -0.3 is 30.4 Å². The average molecular weight is 524 g/mol. The molecule has 1 heterocycles. The Kier molecular flexibility index (Phi) is 9.33. The number of anilines is 1. The van der Waals surface area contributed by atoms with E-state index in [9.17, 15) is 18.0 Å². The molecule has 1 aromatic heterocycles. The third kappa shape index (κ3) is 7.84. The van der Waals surface area contributed by atoms with Gasteiger partial charge in [-0.2, -0.15) is 0 Å². The zero-order valence-electron chi connectivity index (χ0n) is 20.2. The number of nitrogens with one attached hydrogen (secondary N) is 2. The lowest BCUT2D eigenvalue weighted by molar-refractivity contribution is -0.274. The number of nitrogens with two attached hydrogens (primary N) is 1. The number of hydrogen-bond donors (Lipinski definition) is 4. The second kappa shape index (κ2) is 12.4. The summed E-state index contributed by atoms with van der Waals surface area (Å²) >= 11 is 0. The van der Waals surface area contributed by atoms with E-state index >= 15 is 0 Å². The van der Waals surface area contributed by atoms with Crippen LogP contribution in [0, 0.1) is 6.92 Å². The number of nitrogens with zero attached hydrogens (tertiary/aromatic N) is 2. The molecule has 37 heavy (non-hydrogen) atoms. The van der Waals surface area contributed by atoms with Crippen molar-refractivity contribution in [1.82, 2.24) is 15.1 Å². The van der Waals surface area contributed by atoms with E-state index in [0.29, 0.717) is 16.8 Å². The van der Waals surface area contributed by atoms with Crippen LogP contribution in [0.4, 0.5) is 23.8 Å². The van der Waals surface area contributed by atoms with Crippen molar-refractivity contribution in [3.05, 3.63) is 65.2 Å². The second-order valence-electron chi connectivity index (χ2n) is 8.01. The fraction of sp³-hybridized carbons (Fsp3) is 0.333. The molecule has 0 spiro atoms. The van der Waals surface area contributed by atoms with Gasteiger partial charge in [-0.3, -0.25) is 5.32 Å². The van der Waals surface area contributed by atoms with Crippen LogP contribution < -0.4 is 25.8 Å². The monoisotopic (exact) mass is 523 g/mol. The molecule has 3 aromatic rings. The summed E-state index contributed by atoms with van der Waals surface area (Å²) in [5.74, 6) is 0.0291. The number of aromatic nitrogens is 2. The molecule has 3 rings (SSSR count). The first kappa shape index (κ1) is 27.8. The molecular weight excluding hydrogens is 495 g/mol. The van der Waals surface area contributed by atoms with Gasteiger partial charge >= 0.3 is 12.4 Å². The van der Waals surface area contributed by atoms with Crippen LogP contribution in [0.15, 0.2) is 48.5 Å². The number of carbonyl (C=O) groups excluding carboxylic acids is 1. The van der Waals surface area contributed by atoms with E-state index in [1.54, 1.807) is 31.2 Å². The number of urea groups is 1. The Hall–Kier alpha value is -3.81. The van der Waals surface area contributed by atoms with Crippen molar-refractivity contribution in [2.75, 3.05) is 25.6 Å². The van der Waals surface area contributed by atoms with Crippen LogP contribution in [0.5, 0.6) is 11.6 Å². The fourth-order valence-corrected chi connectivity index (χ4v) is 3.33. The maximum Gasteiger partial charge on any atom is 0.573 e. The van der Waals surface area contributed by atoms with Crippen molar-refractivity contribution in [3.63, 3.8) is 0 Å². The highest BCUT2D eigenvalue weighted by Gasteiger charge is 2.32. The number of rotatable bonds is 11. The molecular formula is C24H28F3N5O5. The number of para-hydroxylation sites is 1. The van der Waals surface area contributed by atoms with Crippen LogP contribution in [0.1, 0.15) is 16.7 Å². The summed E-state index contributed by atoms with van der Waals surface area (Å²) in [4.78, 5) is 12.8. The lowest BCUT2D eigenvalue weighted by atomic mass is 10.1. The van der Waals surface area contributed by atoms with Crippen LogP contribution >= 0.6 is 0 Å². The first-order chi connectivity index (χ1) is 17.6. The third-order valence-corrected chi connectivity index (χ3v) is 5.08. The van der Waals surface area contributed by atoms with E-state index in [1.807, 2.05) is 6.07 Å². The molecule has 2 amide bonds. The maximum atomic E-state index is 12.9. The van der Waals surface area contributed by atoms with E-state index in [4.69, 9.17) is 20.3 Å². The molecule has 0 bridgehead atoms. The molecule has 200 valence electrons. The summed E-state index contributed by atoms with van der Waals surface area (Å²) in [6.07, 6.45) is -4.89. The van der Waals surface area contributed by atoms with Gasteiger partial charge in [0.25, 0.3) is 0 Å². The summed E-state index contributed by atoms with van der Waals surface area (Å²) in [5, 5.41) is 18.8. The summed E-state index contributed by atoms with van der Waals surface area (Å²) in [6, 6.07) is 11.7. The lowest BCUT2D eigenvalue weighted by Crippen LogP contribution is -2.31. The topological polar surface area (TPSA) is 133 Å². The zero-order valence-corrected chi connectivity index (χ0v) is 20.2. The van der Waals surface area contributed by atoms with Gasteiger partial charge in [0.2, 0.25) is 5.88 Å². The lowest BCUT2D eigenvalue weighted by Gasteiger charge is -2.16. The summed E-state index contributed by atoms with van der Waals surface area (Å²) in [7, 11) is 1.46. The zero-order chi connectivity index (χ0) is 27.0. The summed E-state index contributed by atoms with van der Waals surface area (Å²) in [6.45, 7) is 1.29. The average Bonchev–Trinajstić information content (AvgIpc) is 3.17. The molecule has 0 radical (unpaired) electrons. The maximum absolute atomic E-state index is 12.9. The van der Waals surface area contributed by atoms with Crippen molar-refractivity contribution >= 4 is 11.8 Å². The summed E-state index contributed by atoms with van der Waals surface area (Å²) in [5.41, 5.74) is 7.52. The second-order valence-corrected chi connectivity index (χ2v) is 8.01. The number of benzene rings is 2. The minimum atomic E-state index is -4.89. The van der Waals surface area contributed by atoms with Crippen molar-refractivity contribution in [3.8, 4) is 17.3 Å². The number of hydrogen-bond acceptors (Lipinski definition) is 7. The Morgan fingerprint density at radius 2 is 1.95 bits per heavy atom. The Morgan fingerprint density at radius 1 is 1.22 bits per heavy atom. The molecule has 0 aliphatic rings. The van der Waals surface area contributed by atoms with Gasteiger partial charge in [0.15, 0.2) is 0 Å². The highest BCUT2D eigenvalue weighted by Crippen LogP contribution is 2.29. The number of carbonyl (C=O) groups is 1. The summed E-state index contributed by atoms with van der Waals surface area (Å²) < 4.78 is 54.8. The fourth-order valence-electron chi connectivity index (χ4n) is 3.33. The molecule has 2 aromatic carbocycles. The minimum absolute atomic E-state index is 0.00538. The molecule has 13 heteroatoms. The van der Waals surface area contributed by atoms with Gasteiger partial charge in [-0.05, 0) is 36.8 Å². The molecule has 0 fully saturated rings. The van der Waals surface area contributed by atoms with Crippen molar-refractivity contribution < 1.29 is 37.3 Å². The van der Waals surface area contributed by atoms with Crippen molar-refractivity contribution in [1.29, 1.82) is 0 Å². The standard InChI is InChI=1S/C24H28F3N5O5/c1-15-21(32(19-6-4-3-5-7-19)31-22(15)36-14-18(28)12-33)30-23(34)29-11-17-10-16(13-35-2)8-9-20(17)37-24(25,26)27/h3-10,18,33H,11-14,28H2,1-2H3,(H2,29,30,34)/t18-/m1/s1. The Bertz CT molecular complexity index is 1190. The Labute approximate surface area is 211 Å². The molecule has 1 atom stereocenters. The van der Waals surface area contributed by atoms with E-state index in [0.717, 1.165) is 0 Å². The largest absolute Gasteiger partial charge is 0.573 e. The molecule has 5 N–H and O–H groups in total. The molecule has 10 nitrogen and oxygen atoms in total. The minimum Gasteiger partial charge on any atom is -0.475 e. The first-order valence-corrected chi connectivity index (χ1v) is 11.2. The highest BCUT2D eigenvalue weighted by molar-refractivity contribution is 5.89. The Balaban J connectivity index is 1.81. The van der Waals surface area contributed by atoms with Gasteiger partial charge in [0, 0.05) is 19.2 Å². The van der Waals surface area contributed by atoms with Gasteiger partial charge in [0.1, 0.15) is 18.2 Å². The molecule has 0 saturated carbocycles. The van der Waals surface area contributed by atoms with Crippen LogP contribution in [-0.2, 0) is 17.9 Å². The van der Waals surface area contributed by atoms with Gasteiger partial charge in [-0.1, -0.05) is 24.3 Å². The SMILES string of the molecule is COCc1ccc(OC(F)(F)F)c(CNC(=O)Nc2c(C)c(OC[C@H](N)CO)nn2-c2ccccc2)c1. The van der Waals surface area contributed by atoms with Crippen LogP contribution in [-0.4, -0.2) is 53.6 Å². The first-order valence-electron chi connectivity index (χ1n) is 11.2. The number of halogens is 3. The van der Waals surface area contributed by atoms with Gasteiger partial charge in [-0.25, -0.2) is 9.48 Å². The predicted molar refractivity (Wildman–Crippen MR) is 129 cm³/mol. The van der Waals surface area contributed by atoms with Gasteiger partial charge in [-0.15, -0.1) is 18.3 Å². The van der Waals surface area contributed by atoms with Crippen LogP contribution in [0.2, 0.25) is 0 Å². The van der Waals surface area contributed by atoms with E-state index in [1.165, 1.54) is 30.0 Å². The number of amides is 2.